The molecule has 2 heterocycles. The second-order valence-corrected chi connectivity index (χ2v) is 9.33. The van der Waals surface area contributed by atoms with Crippen molar-refractivity contribution in [3.05, 3.63) is 94.3 Å². The van der Waals surface area contributed by atoms with E-state index in [0.29, 0.717) is 24.7 Å². The van der Waals surface area contributed by atoms with Gasteiger partial charge in [-0.3, -0.25) is 9.78 Å². The third kappa shape index (κ3) is 4.39. The van der Waals surface area contributed by atoms with Gasteiger partial charge in [-0.25, -0.2) is 21.9 Å². The number of nitrogens with zero attached hydrogens (tertiary/aromatic N) is 2. The number of halogens is 2. The molecule has 0 saturated heterocycles. The molecule has 32 heavy (non-hydrogen) atoms. The molecule has 0 atom stereocenters. The van der Waals surface area contributed by atoms with Crippen molar-refractivity contribution in [3.8, 4) is 0 Å². The molecule has 2 aromatic carbocycles. The summed E-state index contributed by atoms with van der Waals surface area (Å²) in [5.41, 5.74) is 2.97. The molecule has 0 saturated carbocycles. The summed E-state index contributed by atoms with van der Waals surface area (Å²) in [6, 6.07) is 11.0. The number of nitrogens with one attached hydrogen (secondary N) is 1. The lowest BCUT2D eigenvalue weighted by atomic mass is 9.94. The van der Waals surface area contributed by atoms with Crippen LogP contribution in [0.3, 0.4) is 0 Å². The Bertz CT molecular complexity index is 1280. The van der Waals surface area contributed by atoms with Crippen molar-refractivity contribution in [2.75, 3.05) is 6.54 Å². The molecule has 6 nitrogen and oxygen atoms in total. The fourth-order valence-corrected chi connectivity index (χ4v) is 4.83. The van der Waals surface area contributed by atoms with E-state index in [2.05, 4.69) is 9.71 Å². The highest BCUT2D eigenvalue weighted by Gasteiger charge is 2.27. The Morgan fingerprint density at radius 1 is 1.16 bits per heavy atom. The van der Waals surface area contributed by atoms with Crippen molar-refractivity contribution in [1.82, 2.24) is 14.6 Å². The molecule has 0 radical (unpaired) electrons. The molecule has 0 unspecified atom stereocenters. The summed E-state index contributed by atoms with van der Waals surface area (Å²) in [6.45, 7) is 2.40. The van der Waals surface area contributed by atoms with Gasteiger partial charge in [-0.2, -0.15) is 0 Å². The number of sulfonamides is 1. The minimum Gasteiger partial charge on any atom is -0.334 e. The van der Waals surface area contributed by atoms with Crippen LogP contribution >= 0.6 is 0 Å². The van der Waals surface area contributed by atoms with Gasteiger partial charge >= 0.3 is 0 Å². The zero-order valence-corrected chi connectivity index (χ0v) is 18.1. The number of carbonyl (C=O) groups excluding carboxylic acids is 1. The number of hydrogen-bond acceptors (Lipinski definition) is 4. The van der Waals surface area contributed by atoms with E-state index >= 15 is 0 Å². The third-order valence-corrected chi connectivity index (χ3v) is 6.95. The summed E-state index contributed by atoms with van der Waals surface area (Å²) < 4.78 is 55.0. The van der Waals surface area contributed by atoms with Crippen LogP contribution in [0.1, 0.15) is 32.7 Å². The van der Waals surface area contributed by atoms with Gasteiger partial charge in [0.1, 0.15) is 11.6 Å². The minimum atomic E-state index is -3.68. The van der Waals surface area contributed by atoms with Crippen molar-refractivity contribution in [2.24, 2.45) is 0 Å². The molecular weight excluding hydrogens is 436 g/mol. The van der Waals surface area contributed by atoms with E-state index in [-0.39, 0.29) is 23.5 Å². The van der Waals surface area contributed by atoms with E-state index in [1.54, 1.807) is 31.3 Å². The number of fused-ring (bicyclic) bond motifs is 1. The van der Waals surface area contributed by atoms with Crippen LogP contribution < -0.4 is 4.72 Å². The van der Waals surface area contributed by atoms with E-state index in [0.717, 1.165) is 28.8 Å². The summed E-state index contributed by atoms with van der Waals surface area (Å²) in [5, 5.41) is 0. The normalized spacial score (nSPS) is 13.7. The molecule has 1 N–H and O–H groups in total. The maximum absolute atomic E-state index is 14.1. The maximum Gasteiger partial charge on any atom is 0.257 e. The first kappa shape index (κ1) is 22.0. The lowest BCUT2D eigenvalue weighted by molar-refractivity contribution is 0.0729. The first-order valence-electron chi connectivity index (χ1n) is 10.0. The second kappa shape index (κ2) is 8.76. The molecule has 166 valence electrons. The van der Waals surface area contributed by atoms with Crippen LogP contribution in [0.15, 0.2) is 59.6 Å². The number of rotatable bonds is 5. The zero-order chi connectivity index (χ0) is 22.9. The number of amides is 1. The minimum absolute atomic E-state index is 0.0692. The third-order valence-electron chi connectivity index (χ3n) is 5.54. The lowest BCUT2D eigenvalue weighted by Gasteiger charge is -2.30. The van der Waals surface area contributed by atoms with E-state index in [9.17, 15) is 22.0 Å². The first-order valence-corrected chi connectivity index (χ1v) is 11.5. The van der Waals surface area contributed by atoms with Crippen LogP contribution in [0.4, 0.5) is 8.78 Å². The fraction of sp³-hybridized carbons (Fsp3) is 0.217. The largest absolute Gasteiger partial charge is 0.334 e. The molecule has 3 aromatic rings. The Labute approximate surface area is 185 Å². The molecule has 0 aliphatic carbocycles. The molecule has 4 rings (SSSR count). The van der Waals surface area contributed by atoms with Crippen molar-refractivity contribution in [2.45, 2.75) is 31.3 Å². The van der Waals surface area contributed by atoms with E-state index in [1.807, 2.05) is 0 Å². The summed E-state index contributed by atoms with van der Waals surface area (Å²) in [7, 11) is -3.68. The highest BCUT2D eigenvalue weighted by molar-refractivity contribution is 7.89. The molecule has 0 bridgehead atoms. The molecular formula is C23H21F2N3O3S. The van der Waals surface area contributed by atoms with Crippen LogP contribution in [0.2, 0.25) is 0 Å². The maximum atomic E-state index is 14.1. The van der Waals surface area contributed by atoms with Gasteiger partial charge in [-0.1, -0.05) is 18.2 Å². The molecule has 0 spiro atoms. The Morgan fingerprint density at radius 2 is 1.91 bits per heavy atom. The van der Waals surface area contributed by atoms with Crippen molar-refractivity contribution in [3.63, 3.8) is 0 Å². The van der Waals surface area contributed by atoms with E-state index < -0.39 is 27.6 Å². The summed E-state index contributed by atoms with van der Waals surface area (Å²) in [6.07, 6.45) is 2.12. The number of aryl methyl sites for hydroxylation is 1. The fourth-order valence-electron chi connectivity index (χ4n) is 3.81. The molecule has 0 fully saturated rings. The van der Waals surface area contributed by atoms with Crippen LogP contribution in [-0.2, 0) is 29.5 Å². The Kier molecular flexibility index (Phi) is 6.03. The van der Waals surface area contributed by atoms with E-state index in [4.69, 9.17) is 0 Å². The number of hydrogen-bond donors (Lipinski definition) is 1. The van der Waals surface area contributed by atoms with Crippen LogP contribution in [0.25, 0.3) is 0 Å². The summed E-state index contributed by atoms with van der Waals surface area (Å²) in [5.74, 6) is -2.18. The quantitative estimate of drug-likeness (QED) is 0.637. The average molecular weight is 458 g/mol. The van der Waals surface area contributed by atoms with Gasteiger partial charge in [0.15, 0.2) is 0 Å². The van der Waals surface area contributed by atoms with E-state index in [1.165, 1.54) is 17.0 Å². The number of benzene rings is 2. The second-order valence-electron chi connectivity index (χ2n) is 7.56. The molecule has 1 aromatic heterocycles. The predicted octanol–water partition coefficient (Wildman–Crippen LogP) is 3.35. The number of pyridine rings is 1. The van der Waals surface area contributed by atoms with Crippen LogP contribution in [0, 0.1) is 18.6 Å². The number of carbonyl (C=O) groups is 1. The molecule has 1 aliphatic heterocycles. The monoisotopic (exact) mass is 457 g/mol. The molecule has 1 amide bonds. The Balaban J connectivity index is 1.55. The average Bonchev–Trinajstić information content (AvgIpc) is 2.78. The Hall–Kier alpha value is -3.17. The van der Waals surface area contributed by atoms with Gasteiger partial charge in [-0.15, -0.1) is 0 Å². The highest BCUT2D eigenvalue weighted by Crippen LogP contribution is 2.26. The van der Waals surface area contributed by atoms with Crippen molar-refractivity contribution < 1.29 is 22.0 Å². The summed E-state index contributed by atoms with van der Waals surface area (Å²) in [4.78, 5) is 18.8. The smallest absolute Gasteiger partial charge is 0.257 e. The zero-order valence-electron chi connectivity index (χ0n) is 17.3. The van der Waals surface area contributed by atoms with Gasteiger partial charge in [0, 0.05) is 37.6 Å². The number of aromatic nitrogens is 1. The first-order chi connectivity index (χ1) is 15.3. The van der Waals surface area contributed by atoms with Gasteiger partial charge in [-0.05, 0) is 54.3 Å². The highest BCUT2D eigenvalue weighted by atomic mass is 32.2. The van der Waals surface area contributed by atoms with Gasteiger partial charge < -0.3 is 4.90 Å². The van der Waals surface area contributed by atoms with Crippen LogP contribution in [-0.4, -0.2) is 30.8 Å². The summed E-state index contributed by atoms with van der Waals surface area (Å²) >= 11 is 0. The van der Waals surface area contributed by atoms with Crippen LogP contribution in [0.5, 0.6) is 0 Å². The van der Waals surface area contributed by atoms with Gasteiger partial charge in [0.05, 0.1) is 10.5 Å². The topological polar surface area (TPSA) is 79.4 Å². The van der Waals surface area contributed by atoms with Gasteiger partial charge in [0.2, 0.25) is 10.0 Å². The predicted molar refractivity (Wildman–Crippen MR) is 114 cm³/mol. The lowest BCUT2D eigenvalue weighted by Crippen LogP contribution is -2.37. The van der Waals surface area contributed by atoms with Gasteiger partial charge in [0.25, 0.3) is 5.91 Å². The SMILES string of the molecule is Cc1ncc2c(c1CNS(=O)(=O)c1ccccc1)CCN(C(=O)c1ccc(F)cc1F)C2. The van der Waals surface area contributed by atoms with Crippen molar-refractivity contribution >= 4 is 15.9 Å². The van der Waals surface area contributed by atoms with Crippen molar-refractivity contribution in [1.29, 1.82) is 0 Å². The molecule has 1 aliphatic rings. The molecule has 9 heteroatoms. The Morgan fingerprint density at radius 3 is 2.62 bits per heavy atom. The standard InChI is InChI=1S/C23H21F2N3O3S/c1-15-21(13-27-32(30,31)18-5-3-2-4-6-18)19-9-10-28(14-16(19)12-26-15)23(29)20-8-7-17(24)11-22(20)25/h2-8,11-12,27H,9-10,13-14H2,1H3.